The molecule has 3 rings (SSSR count). The number of anilines is 1. The van der Waals surface area contributed by atoms with Gasteiger partial charge in [0, 0.05) is 38.1 Å². The number of carbonyl (C=O) groups is 2. The van der Waals surface area contributed by atoms with Crippen LogP contribution in [0.25, 0.3) is 0 Å². The number of pyridine rings is 1. The molecule has 2 aromatic rings. The van der Waals surface area contributed by atoms with E-state index in [1.807, 2.05) is 18.2 Å². The number of benzene rings is 1. The Balaban J connectivity index is 1.55. The van der Waals surface area contributed by atoms with Crippen molar-refractivity contribution in [2.24, 2.45) is 5.41 Å². The molecule has 0 spiro atoms. The maximum Gasteiger partial charge on any atom is 0.237 e. The van der Waals surface area contributed by atoms with Crippen molar-refractivity contribution in [3.8, 4) is 0 Å². The van der Waals surface area contributed by atoms with Gasteiger partial charge in [0.2, 0.25) is 11.8 Å². The van der Waals surface area contributed by atoms with Crippen LogP contribution in [-0.4, -0.2) is 47.9 Å². The quantitative estimate of drug-likeness (QED) is 0.803. The van der Waals surface area contributed by atoms with Gasteiger partial charge in [0.05, 0.1) is 12.2 Å². The predicted molar refractivity (Wildman–Crippen MR) is 105 cm³/mol. The minimum absolute atomic E-state index is 0.190. The molecular formula is C21H25FN4O2. The number of nitrogens with one attached hydrogen (secondary N) is 1. The zero-order valence-electron chi connectivity index (χ0n) is 16.2. The van der Waals surface area contributed by atoms with Gasteiger partial charge in [-0.25, -0.2) is 4.39 Å². The molecular weight excluding hydrogens is 359 g/mol. The minimum Gasteiger partial charge on any atom is -0.368 e. The summed E-state index contributed by atoms with van der Waals surface area (Å²) in [5.41, 5.74) is 0.514. The summed E-state index contributed by atoms with van der Waals surface area (Å²) in [4.78, 5) is 33.6. The van der Waals surface area contributed by atoms with Gasteiger partial charge in [0.15, 0.2) is 0 Å². The van der Waals surface area contributed by atoms with Gasteiger partial charge >= 0.3 is 0 Å². The molecule has 1 aliphatic rings. The molecule has 7 heteroatoms. The van der Waals surface area contributed by atoms with Crippen LogP contribution in [0.3, 0.4) is 0 Å². The van der Waals surface area contributed by atoms with E-state index in [0.29, 0.717) is 26.2 Å². The van der Waals surface area contributed by atoms with Gasteiger partial charge in [-0.2, -0.15) is 0 Å². The third-order valence-electron chi connectivity index (χ3n) is 5.02. The highest BCUT2D eigenvalue weighted by Gasteiger charge is 2.39. The molecule has 28 heavy (non-hydrogen) atoms. The lowest BCUT2D eigenvalue weighted by molar-refractivity contribution is -0.148. The molecule has 0 atom stereocenters. The molecule has 0 bridgehead atoms. The molecule has 1 fully saturated rings. The second kappa shape index (κ2) is 8.37. The molecule has 1 aromatic heterocycles. The summed E-state index contributed by atoms with van der Waals surface area (Å²) in [7, 11) is 0. The van der Waals surface area contributed by atoms with Gasteiger partial charge in [-0.3, -0.25) is 14.6 Å². The van der Waals surface area contributed by atoms with Crippen molar-refractivity contribution in [1.29, 1.82) is 0 Å². The fourth-order valence-electron chi connectivity index (χ4n) is 3.21. The minimum atomic E-state index is -1.16. The summed E-state index contributed by atoms with van der Waals surface area (Å²) in [6.07, 6.45) is 1.67. The van der Waals surface area contributed by atoms with Crippen LogP contribution >= 0.6 is 0 Å². The number of amides is 2. The standard InChI is InChI=1S/C21H25FN4O2/c1-21(2,19(27)24-15-17-5-3-4-10-23-17)20(28)26-13-11-25(12-14-26)18-8-6-16(22)7-9-18/h3-10H,11-15H2,1-2H3,(H,24,27). The first-order chi connectivity index (χ1) is 13.4. The zero-order valence-corrected chi connectivity index (χ0v) is 16.2. The zero-order chi connectivity index (χ0) is 20.1. The van der Waals surface area contributed by atoms with Gasteiger partial charge in [0.25, 0.3) is 0 Å². The summed E-state index contributed by atoms with van der Waals surface area (Å²) in [5, 5.41) is 2.80. The van der Waals surface area contributed by atoms with E-state index in [2.05, 4.69) is 15.2 Å². The highest BCUT2D eigenvalue weighted by atomic mass is 19.1. The van der Waals surface area contributed by atoms with Crippen LogP contribution in [0.15, 0.2) is 48.7 Å². The number of aromatic nitrogens is 1. The molecule has 1 saturated heterocycles. The van der Waals surface area contributed by atoms with E-state index in [4.69, 9.17) is 0 Å². The van der Waals surface area contributed by atoms with Crippen molar-refractivity contribution in [2.45, 2.75) is 20.4 Å². The lowest BCUT2D eigenvalue weighted by Crippen LogP contribution is -2.55. The van der Waals surface area contributed by atoms with E-state index in [1.165, 1.54) is 12.1 Å². The maximum atomic E-state index is 13.1. The molecule has 2 amide bonds. The van der Waals surface area contributed by atoms with Crippen LogP contribution in [0.4, 0.5) is 10.1 Å². The average Bonchev–Trinajstić information content (AvgIpc) is 2.73. The Bertz CT molecular complexity index is 816. The summed E-state index contributed by atoms with van der Waals surface area (Å²) in [5.74, 6) is -0.773. The molecule has 0 unspecified atom stereocenters. The summed E-state index contributed by atoms with van der Waals surface area (Å²) >= 11 is 0. The topological polar surface area (TPSA) is 65.5 Å². The van der Waals surface area contributed by atoms with E-state index in [9.17, 15) is 14.0 Å². The van der Waals surface area contributed by atoms with Crippen molar-refractivity contribution < 1.29 is 14.0 Å². The number of piperazine rings is 1. The fourth-order valence-corrected chi connectivity index (χ4v) is 3.21. The number of carbonyl (C=O) groups excluding carboxylic acids is 2. The van der Waals surface area contributed by atoms with E-state index in [-0.39, 0.29) is 24.2 Å². The van der Waals surface area contributed by atoms with Crippen molar-refractivity contribution in [1.82, 2.24) is 15.2 Å². The molecule has 0 aliphatic carbocycles. The maximum absolute atomic E-state index is 13.1. The largest absolute Gasteiger partial charge is 0.368 e. The number of rotatable bonds is 5. The van der Waals surface area contributed by atoms with Gasteiger partial charge < -0.3 is 15.1 Å². The fraction of sp³-hybridized carbons (Fsp3) is 0.381. The van der Waals surface area contributed by atoms with Gasteiger partial charge in [0.1, 0.15) is 11.2 Å². The highest BCUT2D eigenvalue weighted by Crippen LogP contribution is 2.23. The first-order valence-corrected chi connectivity index (χ1v) is 9.36. The van der Waals surface area contributed by atoms with Crippen LogP contribution in [0, 0.1) is 11.2 Å². The molecule has 0 radical (unpaired) electrons. The van der Waals surface area contributed by atoms with Gasteiger partial charge in [-0.1, -0.05) is 6.07 Å². The van der Waals surface area contributed by atoms with Crippen LogP contribution in [0.2, 0.25) is 0 Å². The normalized spacial score (nSPS) is 14.7. The second-order valence-corrected chi connectivity index (χ2v) is 7.38. The van der Waals surface area contributed by atoms with Gasteiger partial charge in [-0.05, 0) is 50.2 Å². The van der Waals surface area contributed by atoms with E-state index in [0.717, 1.165) is 11.4 Å². The first kappa shape index (κ1) is 19.8. The molecule has 2 heterocycles. The third-order valence-corrected chi connectivity index (χ3v) is 5.02. The SMILES string of the molecule is CC(C)(C(=O)NCc1ccccn1)C(=O)N1CCN(c2ccc(F)cc2)CC1. The number of hydrogen-bond acceptors (Lipinski definition) is 4. The summed E-state index contributed by atoms with van der Waals surface area (Å²) < 4.78 is 13.1. The third kappa shape index (κ3) is 4.47. The Kier molecular flexibility index (Phi) is 5.92. The lowest BCUT2D eigenvalue weighted by atomic mass is 9.90. The Hall–Kier alpha value is -2.96. The van der Waals surface area contributed by atoms with Crippen LogP contribution in [0.1, 0.15) is 19.5 Å². The smallest absolute Gasteiger partial charge is 0.237 e. The van der Waals surface area contributed by atoms with E-state index >= 15 is 0 Å². The molecule has 1 aliphatic heterocycles. The molecule has 1 aromatic carbocycles. The molecule has 6 nitrogen and oxygen atoms in total. The Morgan fingerprint density at radius 2 is 1.75 bits per heavy atom. The average molecular weight is 384 g/mol. The monoisotopic (exact) mass is 384 g/mol. The summed E-state index contributed by atoms with van der Waals surface area (Å²) in [6.45, 7) is 5.91. The van der Waals surface area contributed by atoms with Gasteiger partial charge in [-0.15, -0.1) is 0 Å². The highest BCUT2D eigenvalue weighted by molar-refractivity contribution is 6.04. The van der Waals surface area contributed by atoms with Crippen molar-refractivity contribution in [2.75, 3.05) is 31.1 Å². The predicted octanol–water partition coefficient (Wildman–Crippen LogP) is 2.21. The van der Waals surface area contributed by atoms with Crippen LogP contribution < -0.4 is 10.2 Å². The first-order valence-electron chi connectivity index (χ1n) is 9.36. The Morgan fingerprint density at radius 3 is 2.36 bits per heavy atom. The number of halogens is 1. The van der Waals surface area contributed by atoms with E-state index < -0.39 is 5.41 Å². The second-order valence-electron chi connectivity index (χ2n) is 7.38. The van der Waals surface area contributed by atoms with Crippen molar-refractivity contribution in [3.63, 3.8) is 0 Å². The lowest BCUT2D eigenvalue weighted by Gasteiger charge is -2.39. The summed E-state index contributed by atoms with van der Waals surface area (Å²) in [6, 6.07) is 11.8. The van der Waals surface area contributed by atoms with Crippen LogP contribution in [0.5, 0.6) is 0 Å². The Labute approximate surface area is 164 Å². The van der Waals surface area contributed by atoms with E-state index in [1.54, 1.807) is 37.1 Å². The molecule has 1 N–H and O–H groups in total. The number of nitrogens with zero attached hydrogens (tertiary/aromatic N) is 3. The molecule has 148 valence electrons. The molecule has 0 saturated carbocycles. The Morgan fingerprint density at radius 1 is 1.07 bits per heavy atom. The van der Waals surface area contributed by atoms with Crippen LogP contribution in [-0.2, 0) is 16.1 Å². The van der Waals surface area contributed by atoms with Crippen molar-refractivity contribution >= 4 is 17.5 Å². The number of hydrogen-bond donors (Lipinski definition) is 1. The van der Waals surface area contributed by atoms with Crippen molar-refractivity contribution in [3.05, 3.63) is 60.2 Å².